The number of pyridine rings is 1. The van der Waals surface area contributed by atoms with Gasteiger partial charge in [-0.2, -0.15) is 0 Å². The lowest BCUT2D eigenvalue weighted by Crippen LogP contribution is -2.47. The Bertz CT molecular complexity index is 850. The number of likely N-dealkylation sites (tertiary alicyclic amines) is 1. The van der Waals surface area contributed by atoms with E-state index in [1.165, 1.54) is 6.07 Å². The first-order valence-electron chi connectivity index (χ1n) is 8.94. The van der Waals surface area contributed by atoms with Crippen LogP contribution < -0.4 is 4.74 Å². The summed E-state index contributed by atoms with van der Waals surface area (Å²) >= 11 is 0. The Morgan fingerprint density at radius 3 is 2.96 bits per heavy atom. The zero-order valence-corrected chi connectivity index (χ0v) is 15.0. The first kappa shape index (κ1) is 18.6. The van der Waals surface area contributed by atoms with Crippen LogP contribution in [0.1, 0.15) is 45.7 Å². The van der Waals surface area contributed by atoms with Gasteiger partial charge in [-0.15, -0.1) is 0 Å². The van der Waals surface area contributed by atoms with E-state index in [9.17, 15) is 14.7 Å². The van der Waals surface area contributed by atoms with Gasteiger partial charge < -0.3 is 14.7 Å². The van der Waals surface area contributed by atoms with Gasteiger partial charge in [0.05, 0.1) is 22.9 Å². The van der Waals surface area contributed by atoms with Crippen LogP contribution in [0.4, 0.5) is 0 Å². The number of nitrogens with zero attached hydrogens (tertiary/aromatic N) is 2. The third-order valence-electron chi connectivity index (χ3n) is 4.74. The molecule has 1 N–H and O–H groups in total. The third-order valence-corrected chi connectivity index (χ3v) is 4.74. The van der Waals surface area contributed by atoms with Gasteiger partial charge in [-0.25, -0.2) is 0 Å². The molecule has 1 atom stereocenters. The second kappa shape index (κ2) is 8.49. The van der Waals surface area contributed by atoms with E-state index in [2.05, 4.69) is 11.6 Å². The summed E-state index contributed by atoms with van der Waals surface area (Å²) in [6, 6.07) is 8.05. The highest BCUT2D eigenvalue weighted by molar-refractivity contribution is 5.97. The van der Waals surface area contributed by atoms with E-state index in [1.54, 1.807) is 41.4 Å². The van der Waals surface area contributed by atoms with Gasteiger partial charge in [-0.1, -0.05) is 12.6 Å². The van der Waals surface area contributed by atoms with Crippen molar-refractivity contribution in [1.82, 2.24) is 9.88 Å². The number of carbonyl (C=O) groups is 2. The smallest absolute Gasteiger partial charge is 0.256 e. The molecule has 1 aliphatic rings. The summed E-state index contributed by atoms with van der Waals surface area (Å²) in [5.74, 6) is 0.0963. The summed E-state index contributed by atoms with van der Waals surface area (Å²) in [6.45, 7) is 4.61. The fourth-order valence-electron chi connectivity index (χ4n) is 3.32. The molecule has 0 saturated carbocycles. The summed E-state index contributed by atoms with van der Waals surface area (Å²) in [5.41, 5.74) is 1.20. The maximum atomic E-state index is 13.1. The number of amides is 1. The predicted molar refractivity (Wildman–Crippen MR) is 102 cm³/mol. The highest BCUT2D eigenvalue weighted by Crippen LogP contribution is 2.27. The number of aromatic nitrogens is 1. The molecular weight excluding hydrogens is 344 g/mol. The molecule has 1 amide bonds. The lowest BCUT2D eigenvalue weighted by molar-refractivity contribution is 0.0526. The van der Waals surface area contributed by atoms with Gasteiger partial charge in [0, 0.05) is 12.7 Å². The maximum absolute atomic E-state index is 13.1. The topological polar surface area (TPSA) is 79.7 Å². The molecule has 0 radical (unpaired) electrons. The van der Waals surface area contributed by atoms with E-state index in [1.807, 2.05) is 0 Å². The third kappa shape index (κ3) is 4.00. The molecule has 0 unspecified atom stereocenters. The Balaban J connectivity index is 1.78. The number of piperidine rings is 1. The van der Waals surface area contributed by atoms with Crippen molar-refractivity contribution in [3.8, 4) is 11.5 Å². The van der Waals surface area contributed by atoms with Crippen molar-refractivity contribution in [1.29, 1.82) is 0 Å². The summed E-state index contributed by atoms with van der Waals surface area (Å²) in [4.78, 5) is 30.3. The molecule has 1 saturated heterocycles. The van der Waals surface area contributed by atoms with E-state index in [-0.39, 0.29) is 29.9 Å². The molecule has 1 aliphatic heterocycles. The lowest BCUT2D eigenvalue weighted by atomic mass is 10.0. The minimum atomic E-state index is -0.120. The zero-order chi connectivity index (χ0) is 19.2. The summed E-state index contributed by atoms with van der Waals surface area (Å²) in [7, 11) is 0. The van der Waals surface area contributed by atoms with Crippen LogP contribution >= 0.6 is 0 Å². The number of carbonyl (C=O) groups excluding carboxylic acids is 2. The van der Waals surface area contributed by atoms with Crippen LogP contribution in [0.2, 0.25) is 0 Å². The van der Waals surface area contributed by atoms with Crippen LogP contribution in [0.25, 0.3) is 6.08 Å². The fourth-order valence-corrected chi connectivity index (χ4v) is 3.32. The minimum Gasteiger partial charge on any atom is -0.507 e. The molecule has 1 fully saturated rings. The van der Waals surface area contributed by atoms with E-state index in [0.29, 0.717) is 29.8 Å². The van der Waals surface area contributed by atoms with Crippen LogP contribution in [0, 0.1) is 0 Å². The summed E-state index contributed by atoms with van der Waals surface area (Å²) in [5, 5.41) is 9.78. The molecule has 1 aromatic carbocycles. The van der Waals surface area contributed by atoms with Crippen LogP contribution in [-0.4, -0.2) is 46.4 Å². The van der Waals surface area contributed by atoms with Gasteiger partial charge in [0.25, 0.3) is 5.91 Å². The van der Waals surface area contributed by atoms with Gasteiger partial charge in [-0.3, -0.25) is 14.6 Å². The Morgan fingerprint density at radius 1 is 1.33 bits per heavy atom. The van der Waals surface area contributed by atoms with Crippen molar-refractivity contribution < 1.29 is 19.4 Å². The second-order valence-corrected chi connectivity index (χ2v) is 6.41. The molecule has 2 heterocycles. The molecule has 6 nitrogen and oxygen atoms in total. The maximum Gasteiger partial charge on any atom is 0.256 e. The first-order valence-corrected chi connectivity index (χ1v) is 8.94. The van der Waals surface area contributed by atoms with Crippen molar-refractivity contribution in [2.75, 3.05) is 13.2 Å². The van der Waals surface area contributed by atoms with Gasteiger partial charge >= 0.3 is 0 Å². The number of ether oxygens (including phenoxy) is 1. The Labute approximate surface area is 158 Å². The second-order valence-electron chi connectivity index (χ2n) is 6.41. The van der Waals surface area contributed by atoms with Crippen molar-refractivity contribution in [2.45, 2.75) is 25.3 Å². The monoisotopic (exact) mass is 366 g/mol. The number of benzene rings is 1. The molecule has 0 spiro atoms. The van der Waals surface area contributed by atoms with Crippen LogP contribution in [-0.2, 0) is 0 Å². The number of aromatic hydroxyl groups is 1. The highest BCUT2D eigenvalue weighted by atomic mass is 16.5. The zero-order valence-electron chi connectivity index (χ0n) is 15.0. The van der Waals surface area contributed by atoms with Crippen molar-refractivity contribution in [3.63, 3.8) is 0 Å². The Kier molecular flexibility index (Phi) is 5.86. The van der Waals surface area contributed by atoms with Crippen LogP contribution in [0.3, 0.4) is 0 Å². The van der Waals surface area contributed by atoms with Gasteiger partial charge in [0.2, 0.25) is 0 Å². The number of rotatable bonds is 6. The summed E-state index contributed by atoms with van der Waals surface area (Å²) in [6.07, 6.45) is 6.52. The van der Waals surface area contributed by atoms with Gasteiger partial charge in [0.1, 0.15) is 18.1 Å². The van der Waals surface area contributed by atoms with Crippen LogP contribution in [0.15, 0.2) is 43.1 Å². The Hall–Kier alpha value is -3.15. The van der Waals surface area contributed by atoms with E-state index >= 15 is 0 Å². The predicted octanol–water partition coefficient (Wildman–Crippen LogP) is 3.32. The minimum absolute atomic E-state index is 0.0992. The molecule has 0 aliphatic carbocycles. The SMILES string of the molecule is C=Cc1ncccc1C(=O)N1CCCC[C@H]1COc1cccc(O)c1C=O. The summed E-state index contributed by atoms with van der Waals surface area (Å²) < 4.78 is 5.80. The molecular formula is C21H22N2O4. The van der Waals surface area contributed by atoms with Crippen molar-refractivity contribution >= 4 is 18.3 Å². The quantitative estimate of drug-likeness (QED) is 0.794. The molecule has 0 bridgehead atoms. The average Bonchev–Trinajstić information content (AvgIpc) is 2.72. The molecule has 1 aromatic heterocycles. The number of phenolic OH excluding ortho intramolecular Hbond substituents is 1. The normalized spacial score (nSPS) is 16.6. The number of hydrogen-bond acceptors (Lipinski definition) is 5. The molecule has 2 aromatic rings. The first-order chi connectivity index (χ1) is 13.2. The largest absolute Gasteiger partial charge is 0.507 e. The number of aldehydes is 1. The average molecular weight is 366 g/mol. The van der Waals surface area contributed by atoms with Gasteiger partial charge in [-0.05, 0) is 49.6 Å². The standard InChI is InChI=1S/C21H22N2O4/c1-2-18-16(8-6-11-22-18)21(26)23-12-4-3-7-15(23)14-27-20-10-5-9-19(25)17(20)13-24/h2,5-6,8-11,13,15,25H,1,3-4,7,12,14H2/t15-/m0/s1. The lowest BCUT2D eigenvalue weighted by Gasteiger charge is -2.36. The van der Waals surface area contributed by atoms with Crippen molar-refractivity contribution in [2.24, 2.45) is 0 Å². The van der Waals surface area contributed by atoms with Gasteiger partial charge in [0.15, 0.2) is 6.29 Å². The van der Waals surface area contributed by atoms with E-state index in [4.69, 9.17) is 4.74 Å². The molecule has 27 heavy (non-hydrogen) atoms. The fraction of sp³-hybridized carbons (Fsp3) is 0.286. The van der Waals surface area contributed by atoms with Crippen LogP contribution in [0.5, 0.6) is 11.5 Å². The molecule has 6 heteroatoms. The highest BCUT2D eigenvalue weighted by Gasteiger charge is 2.29. The molecule has 140 valence electrons. The number of phenols is 1. The number of hydrogen-bond donors (Lipinski definition) is 1. The molecule has 3 rings (SSSR count). The van der Waals surface area contributed by atoms with E-state index in [0.717, 1.165) is 19.3 Å². The van der Waals surface area contributed by atoms with E-state index < -0.39 is 0 Å². The van der Waals surface area contributed by atoms with Crippen molar-refractivity contribution in [3.05, 3.63) is 59.9 Å². The Morgan fingerprint density at radius 2 is 2.19 bits per heavy atom.